The van der Waals surface area contributed by atoms with Crippen molar-refractivity contribution >= 4 is 23.9 Å². The average molecular weight is 358 g/mol. The smallest absolute Gasteiger partial charge is 0.332 e. The fraction of sp³-hybridized carbons (Fsp3) is 0.714. The van der Waals surface area contributed by atoms with Crippen LogP contribution in [-0.4, -0.2) is 67.2 Å². The molecule has 0 aliphatic heterocycles. The van der Waals surface area contributed by atoms with Gasteiger partial charge in [-0.3, -0.25) is 14.4 Å². The lowest BCUT2D eigenvalue weighted by Gasteiger charge is -1.89. The first-order valence-electron chi connectivity index (χ1n) is 6.98. The van der Waals surface area contributed by atoms with Gasteiger partial charge < -0.3 is 30.6 Å². The van der Waals surface area contributed by atoms with Gasteiger partial charge in [0, 0.05) is 26.4 Å². The molecule has 0 amide bonds. The highest BCUT2D eigenvalue weighted by Crippen LogP contribution is 1.82. The van der Waals surface area contributed by atoms with Crippen molar-refractivity contribution in [3.05, 3.63) is 0 Å². The molecule has 0 aromatic rings. The molecule has 24 heavy (non-hydrogen) atoms. The molecule has 6 N–H and O–H groups in total. The summed E-state index contributed by atoms with van der Waals surface area (Å²) < 4.78 is 0. The number of carboxylic acids is 4. The number of hydrogen-bond donors (Lipinski definition) is 6. The summed E-state index contributed by atoms with van der Waals surface area (Å²) in [5, 5.41) is 46.4. The Balaban J connectivity index is -0.0000000641. The summed E-state index contributed by atoms with van der Waals surface area (Å²) >= 11 is 0. The minimum atomic E-state index is -1.23. The maximum absolute atomic E-state index is 9.60. The number of carboxylic acid groups (broad SMARTS) is 4. The third-order valence-corrected chi connectivity index (χ3v) is 1.12. The fourth-order valence-electron chi connectivity index (χ4n) is 0.214. The molecule has 10 heteroatoms. The van der Waals surface area contributed by atoms with Gasteiger partial charge in [-0.05, 0) is 20.3 Å². The number of hydrogen-bond acceptors (Lipinski definition) is 6. The van der Waals surface area contributed by atoms with Gasteiger partial charge in [0.2, 0.25) is 0 Å². The van der Waals surface area contributed by atoms with Crippen LogP contribution in [0.5, 0.6) is 0 Å². The minimum absolute atomic E-state index is 0.222. The van der Waals surface area contributed by atoms with Crippen LogP contribution in [0.25, 0.3) is 0 Å². The van der Waals surface area contributed by atoms with Crippen LogP contribution in [0, 0.1) is 0 Å². The molecule has 1 atom stereocenters. The number of carbonyl (C=O) groups is 4. The lowest BCUT2D eigenvalue weighted by molar-refractivity contribution is -0.145. The molecule has 0 bridgehead atoms. The minimum Gasteiger partial charge on any atom is -0.481 e. The number of aliphatic hydroxyl groups is 2. The molecule has 0 fully saturated rings. The second-order valence-electron chi connectivity index (χ2n) is 3.74. The Bertz CT molecular complexity index is 309. The Morgan fingerprint density at radius 1 is 0.875 bits per heavy atom. The molecule has 0 spiro atoms. The zero-order chi connectivity index (χ0) is 20.7. The van der Waals surface area contributed by atoms with Crippen LogP contribution in [0.1, 0.15) is 53.9 Å². The normalized spacial score (nSPS) is 8.79. The van der Waals surface area contributed by atoms with Crippen molar-refractivity contribution in [2.75, 3.05) is 6.61 Å². The van der Waals surface area contributed by atoms with Crippen molar-refractivity contribution in [1.82, 2.24) is 0 Å². The Morgan fingerprint density at radius 2 is 1.08 bits per heavy atom. The zero-order valence-electron chi connectivity index (χ0n) is 14.7. The van der Waals surface area contributed by atoms with Gasteiger partial charge in [0.25, 0.3) is 5.97 Å². The van der Waals surface area contributed by atoms with Crippen LogP contribution in [0.15, 0.2) is 0 Å². The predicted octanol–water partition coefficient (Wildman–Crippen LogP) is 0.893. The molecule has 0 rings (SSSR count). The van der Waals surface area contributed by atoms with E-state index in [0.717, 1.165) is 13.3 Å². The van der Waals surface area contributed by atoms with E-state index in [4.69, 9.17) is 35.4 Å². The summed E-state index contributed by atoms with van der Waals surface area (Å²) in [7, 11) is 0. The SMILES string of the molecule is CC(=O)O.CC(O)C(=O)O.CCC(=O)O.CCCC(=O)O.CCO. The third kappa shape index (κ3) is 151. The summed E-state index contributed by atoms with van der Waals surface area (Å²) in [4.78, 5) is 37.4. The number of aliphatic carboxylic acids is 4. The van der Waals surface area contributed by atoms with Crippen molar-refractivity contribution in [1.29, 1.82) is 0 Å². The van der Waals surface area contributed by atoms with Gasteiger partial charge in [-0.1, -0.05) is 13.8 Å². The molecule has 0 saturated carbocycles. The topological polar surface area (TPSA) is 190 Å². The quantitative estimate of drug-likeness (QED) is 0.421. The van der Waals surface area contributed by atoms with Gasteiger partial charge in [-0.15, -0.1) is 0 Å². The second kappa shape index (κ2) is 28.9. The van der Waals surface area contributed by atoms with E-state index < -0.39 is 30.0 Å². The van der Waals surface area contributed by atoms with E-state index in [0.29, 0.717) is 6.42 Å². The first-order valence-corrected chi connectivity index (χ1v) is 6.98. The van der Waals surface area contributed by atoms with Crippen molar-refractivity contribution in [2.45, 2.75) is 60.0 Å². The summed E-state index contributed by atoms with van der Waals surface area (Å²) in [6, 6.07) is 0. The van der Waals surface area contributed by atoms with Gasteiger partial charge in [-0.2, -0.15) is 0 Å². The molecule has 0 aromatic heterocycles. The molecule has 0 heterocycles. The molecule has 10 nitrogen and oxygen atoms in total. The van der Waals surface area contributed by atoms with Crippen molar-refractivity contribution in [3.8, 4) is 0 Å². The van der Waals surface area contributed by atoms with E-state index in [1.165, 1.54) is 6.92 Å². The fourth-order valence-corrected chi connectivity index (χ4v) is 0.214. The summed E-state index contributed by atoms with van der Waals surface area (Å²) in [6.45, 7) is 7.65. The first-order chi connectivity index (χ1) is 10.8. The summed E-state index contributed by atoms with van der Waals surface area (Å²) in [5.41, 5.74) is 0. The standard InChI is InChI=1S/C4H8O2.C3H6O3.C3H6O2.C2H4O2.C2H6O/c1-2-3-4(5)6;1-2(4)3(5)6;1-2-3(4)5;1-2(3)4;1-2-3/h2-3H2,1H3,(H,5,6);2,4H,1H3,(H,5,6);2H2,1H3,(H,4,5);1H3,(H,3,4);3H,2H2,1H3. The van der Waals surface area contributed by atoms with Gasteiger partial charge in [-0.25, -0.2) is 4.79 Å². The monoisotopic (exact) mass is 358 g/mol. The van der Waals surface area contributed by atoms with Crippen LogP contribution in [0.2, 0.25) is 0 Å². The van der Waals surface area contributed by atoms with Crippen LogP contribution in [0.3, 0.4) is 0 Å². The van der Waals surface area contributed by atoms with Crippen LogP contribution in [0.4, 0.5) is 0 Å². The Morgan fingerprint density at radius 3 is 1.08 bits per heavy atom. The number of rotatable bonds is 4. The van der Waals surface area contributed by atoms with E-state index in [9.17, 15) is 14.4 Å². The molecular weight excluding hydrogens is 328 g/mol. The molecule has 0 saturated heterocycles. The van der Waals surface area contributed by atoms with Crippen molar-refractivity contribution < 1.29 is 49.8 Å². The van der Waals surface area contributed by atoms with Gasteiger partial charge in [0.15, 0.2) is 0 Å². The molecule has 0 aliphatic rings. The molecule has 0 aromatic carbocycles. The first kappa shape index (κ1) is 33.4. The van der Waals surface area contributed by atoms with Crippen LogP contribution in [-0.2, 0) is 19.2 Å². The zero-order valence-corrected chi connectivity index (χ0v) is 14.7. The molecule has 0 radical (unpaired) electrons. The van der Waals surface area contributed by atoms with Crippen LogP contribution >= 0.6 is 0 Å². The van der Waals surface area contributed by atoms with E-state index in [1.807, 2.05) is 6.92 Å². The summed E-state index contributed by atoms with van der Waals surface area (Å²) in [6.07, 6.45) is 0.0139. The molecule has 0 aliphatic carbocycles. The maximum Gasteiger partial charge on any atom is 0.332 e. The highest BCUT2D eigenvalue weighted by atomic mass is 16.4. The Kier molecular flexibility index (Phi) is 40.2. The van der Waals surface area contributed by atoms with Gasteiger partial charge in [0.1, 0.15) is 6.10 Å². The predicted molar refractivity (Wildman–Crippen MR) is 85.9 cm³/mol. The second-order valence-corrected chi connectivity index (χ2v) is 3.74. The van der Waals surface area contributed by atoms with E-state index in [1.54, 1.807) is 13.8 Å². The van der Waals surface area contributed by atoms with E-state index in [-0.39, 0.29) is 13.0 Å². The average Bonchev–Trinajstić information content (AvgIpc) is 2.39. The Hall–Kier alpha value is -2.20. The largest absolute Gasteiger partial charge is 0.481 e. The summed E-state index contributed by atoms with van der Waals surface area (Å²) in [5.74, 6) is -3.47. The molecular formula is C14H30O10. The lowest BCUT2D eigenvalue weighted by atomic mass is 10.4. The van der Waals surface area contributed by atoms with Crippen molar-refractivity contribution in [3.63, 3.8) is 0 Å². The highest BCUT2D eigenvalue weighted by Gasteiger charge is 2.01. The number of aliphatic hydroxyl groups excluding tert-OH is 2. The Labute approximate surface area is 141 Å². The van der Waals surface area contributed by atoms with Crippen molar-refractivity contribution in [2.24, 2.45) is 0 Å². The van der Waals surface area contributed by atoms with Gasteiger partial charge >= 0.3 is 17.9 Å². The van der Waals surface area contributed by atoms with E-state index >= 15 is 0 Å². The maximum atomic E-state index is 9.60. The van der Waals surface area contributed by atoms with Crippen LogP contribution < -0.4 is 0 Å². The third-order valence-electron chi connectivity index (χ3n) is 1.12. The lowest BCUT2D eigenvalue weighted by Crippen LogP contribution is -2.13. The van der Waals surface area contributed by atoms with E-state index in [2.05, 4.69) is 0 Å². The molecule has 146 valence electrons. The van der Waals surface area contributed by atoms with Gasteiger partial charge in [0.05, 0.1) is 0 Å². The highest BCUT2D eigenvalue weighted by molar-refractivity contribution is 5.71. The molecule has 1 unspecified atom stereocenters.